The number of anilines is 2. The summed E-state index contributed by atoms with van der Waals surface area (Å²) in [6, 6.07) is 9.41. The number of benzene rings is 1. The third kappa shape index (κ3) is 4.69. The van der Waals surface area contributed by atoms with Gasteiger partial charge in [0.2, 0.25) is 5.91 Å². The Balaban J connectivity index is 1.28. The maximum absolute atomic E-state index is 12.5. The van der Waals surface area contributed by atoms with Crippen LogP contribution in [0.3, 0.4) is 0 Å². The van der Waals surface area contributed by atoms with Gasteiger partial charge in [-0.2, -0.15) is 0 Å². The topological polar surface area (TPSA) is 120 Å². The van der Waals surface area contributed by atoms with E-state index in [1.165, 1.54) is 0 Å². The van der Waals surface area contributed by atoms with Crippen molar-refractivity contribution in [1.29, 1.82) is 0 Å². The number of hydrogen-bond donors (Lipinski definition) is 2. The molecule has 0 unspecified atom stereocenters. The largest absolute Gasteiger partial charge is 0.486 e. The Morgan fingerprint density at radius 2 is 1.90 bits per heavy atom. The van der Waals surface area contributed by atoms with Crippen LogP contribution in [0.15, 0.2) is 36.5 Å². The van der Waals surface area contributed by atoms with Crippen LogP contribution in [0.5, 0.6) is 5.75 Å². The fraction of sp³-hybridized carbons (Fsp3) is 0.467. The Hall–Kier alpha value is -3.72. The van der Waals surface area contributed by atoms with Gasteiger partial charge in [0.05, 0.1) is 24.3 Å². The molecule has 1 saturated carbocycles. The second kappa shape index (κ2) is 8.91. The second-order valence-corrected chi connectivity index (χ2v) is 12.2. The van der Waals surface area contributed by atoms with E-state index < -0.39 is 11.1 Å². The number of amides is 1. The number of ether oxygens (including phenoxy) is 2. The van der Waals surface area contributed by atoms with Crippen molar-refractivity contribution in [3.63, 3.8) is 0 Å². The molecule has 2 fully saturated rings. The summed E-state index contributed by atoms with van der Waals surface area (Å²) in [5.74, 6) is 1.97. The Morgan fingerprint density at radius 3 is 2.59 bits per heavy atom. The standard InChI is InChI=1S/C30H35N5O4/c1-16-26-19(28(37)39-30(16,4)5)8-11-24(34-26)33-25-12-20-21(13-32-25)23(10-9-22(20)29(2,3)31)38-18-14-35(15-18)27(36)17-6-7-17/h8-13,16-18H,6-7,14-15,31H2,1-5H3,(H,32,33,34)/t16-/m1/s1. The SMILES string of the molecule is C[C@@H]1c2nc(Nc3cc4c(C(C)(C)N)ccc(OC5CN(C(=O)C6CC6)C5)c4cn3)ccc2C(=O)OC1(C)C. The van der Waals surface area contributed by atoms with Crippen LogP contribution in [-0.2, 0) is 15.1 Å². The van der Waals surface area contributed by atoms with Gasteiger partial charge in [0, 0.05) is 29.0 Å². The summed E-state index contributed by atoms with van der Waals surface area (Å²) < 4.78 is 11.9. The molecular formula is C30H35N5O4. The minimum atomic E-state index is -0.641. The van der Waals surface area contributed by atoms with Gasteiger partial charge < -0.3 is 25.4 Å². The smallest absolute Gasteiger partial charge is 0.340 e. The number of cyclic esters (lactones) is 1. The molecule has 0 spiro atoms. The van der Waals surface area contributed by atoms with Gasteiger partial charge in [0.25, 0.3) is 0 Å². The molecule has 2 aromatic heterocycles. The molecule has 1 saturated heterocycles. The maximum atomic E-state index is 12.5. The average Bonchev–Trinajstić information content (AvgIpc) is 3.69. The first-order valence-electron chi connectivity index (χ1n) is 13.6. The third-order valence-corrected chi connectivity index (χ3v) is 8.14. The van der Waals surface area contributed by atoms with Gasteiger partial charge >= 0.3 is 5.97 Å². The summed E-state index contributed by atoms with van der Waals surface area (Å²) in [4.78, 5) is 36.1. The molecule has 1 aliphatic carbocycles. The van der Waals surface area contributed by atoms with E-state index in [0.717, 1.165) is 34.9 Å². The molecule has 204 valence electrons. The van der Waals surface area contributed by atoms with E-state index in [2.05, 4.69) is 10.3 Å². The van der Waals surface area contributed by atoms with E-state index >= 15 is 0 Å². The van der Waals surface area contributed by atoms with E-state index in [1.54, 1.807) is 18.3 Å². The molecule has 3 aromatic rings. The molecule has 3 aliphatic rings. The molecule has 2 aliphatic heterocycles. The Labute approximate surface area is 228 Å². The summed E-state index contributed by atoms with van der Waals surface area (Å²) >= 11 is 0. The Morgan fingerprint density at radius 1 is 1.15 bits per heavy atom. The molecule has 39 heavy (non-hydrogen) atoms. The third-order valence-electron chi connectivity index (χ3n) is 8.14. The number of likely N-dealkylation sites (tertiary alicyclic amines) is 1. The van der Waals surface area contributed by atoms with Crippen molar-refractivity contribution in [2.75, 3.05) is 18.4 Å². The number of carbonyl (C=O) groups excluding carboxylic acids is 2. The number of carbonyl (C=O) groups is 2. The number of nitrogens with one attached hydrogen (secondary N) is 1. The molecule has 1 amide bonds. The second-order valence-electron chi connectivity index (χ2n) is 12.2. The number of rotatable bonds is 6. The summed E-state index contributed by atoms with van der Waals surface area (Å²) in [6.45, 7) is 11.0. The zero-order valence-electron chi connectivity index (χ0n) is 23.1. The molecule has 3 N–H and O–H groups in total. The van der Waals surface area contributed by atoms with Crippen LogP contribution in [0, 0.1) is 5.92 Å². The van der Waals surface area contributed by atoms with Crippen LogP contribution in [0.2, 0.25) is 0 Å². The summed E-state index contributed by atoms with van der Waals surface area (Å²) in [5, 5.41) is 5.10. The van der Waals surface area contributed by atoms with Crippen LogP contribution < -0.4 is 15.8 Å². The predicted octanol–water partition coefficient (Wildman–Crippen LogP) is 4.62. The number of fused-ring (bicyclic) bond motifs is 2. The first-order chi connectivity index (χ1) is 18.4. The van der Waals surface area contributed by atoms with Gasteiger partial charge in [-0.05, 0) is 75.8 Å². The minimum Gasteiger partial charge on any atom is -0.486 e. The number of nitrogens with two attached hydrogens (primary N) is 1. The zero-order valence-corrected chi connectivity index (χ0v) is 23.1. The number of pyridine rings is 2. The highest BCUT2D eigenvalue weighted by molar-refractivity contribution is 5.94. The lowest BCUT2D eigenvalue weighted by molar-refractivity contribution is -0.141. The van der Waals surface area contributed by atoms with Crippen molar-refractivity contribution in [3.8, 4) is 5.75 Å². The lowest BCUT2D eigenvalue weighted by Gasteiger charge is -2.39. The molecule has 1 aromatic carbocycles. The van der Waals surface area contributed by atoms with Crippen LogP contribution in [0.1, 0.15) is 75.0 Å². The van der Waals surface area contributed by atoms with Crippen LogP contribution in [-0.4, -0.2) is 51.5 Å². The number of hydrogen-bond acceptors (Lipinski definition) is 8. The van der Waals surface area contributed by atoms with Crippen molar-refractivity contribution in [2.24, 2.45) is 11.7 Å². The van der Waals surface area contributed by atoms with E-state index in [9.17, 15) is 9.59 Å². The highest BCUT2D eigenvalue weighted by Crippen LogP contribution is 2.39. The van der Waals surface area contributed by atoms with Gasteiger partial charge in [-0.3, -0.25) is 4.79 Å². The Kier molecular flexibility index (Phi) is 5.84. The van der Waals surface area contributed by atoms with Crippen molar-refractivity contribution in [1.82, 2.24) is 14.9 Å². The van der Waals surface area contributed by atoms with E-state index in [1.807, 2.05) is 57.7 Å². The van der Waals surface area contributed by atoms with Crippen molar-refractivity contribution in [2.45, 2.75) is 70.6 Å². The van der Waals surface area contributed by atoms with Gasteiger partial charge in [-0.1, -0.05) is 13.0 Å². The van der Waals surface area contributed by atoms with Gasteiger partial charge in [0.15, 0.2) is 0 Å². The molecule has 1 atom stereocenters. The highest BCUT2D eigenvalue weighted by atomic mass is 16.6. The summed E-state index contributed by atoms with van der Waals surface area (Å²) in [5.41, 5.74) is 7.47. The van der Waals surface area contributed by atoms with Crippen LogP contribution >= 0.6 is 0 Å². The van der Waals surface area contributed by atoms with E-state index in [-0.39, 0.29) is 29.8 Å². The molecule has 4 heterocycles. The van der Waals surface area contributed by atoms with Gasteiger partial charge in [-0.25, -0.2) is 14.8 Å². The van der Waals surface area contributed by atoms with E-state index in [4.69, 9.17) is 20.2 Å². The summed E-state index contributed by atoms with van der Waals surface area (Å²) in [6.07, 6.45) is 3.77. The predicted molar refractivity (Wildman–Crippen MR) is 148 cm³/mol. The molecule has 9 nitrogen and oxygen atoms in total. The average molecular weight is 530 g/mol. The molecular weight excluding hydrogens is 494 g/mol. The van der Waals surface area contributed by atoms with Crippen molar-refractivity contribution >= 4 is 34.3 Å². The zero-order chi connectivity index (χ0) is 27.7. The number of aromatic nitrogens is 2. The van der Waals surface area contributed by atoms with E-state index in [0.29, 0.717) is 36.0 Å². The Bertz CT molecular complexity index is 1480. The fourth-order valence-electron chi connectivity index (χ4n) is 5.30. The molecule has 0 bridgehead atoms. The minimum absolute atomic E-state index is 0.0388. The number of esters is 1. The molecule has 6 rings (SSSR count). The van der Waals surface area contributed by atoms with Crippen molar-refractivity contribution < 1.29 is 19.1 Å². The lowest BCUT2D eigenvalue weighted by Crippen LogP contribution is -2.56. The lowest BCUT2D eigenvalue weighted by atomic mass is 9.84. The normalized spacial score (nSPS) is 20.7. The van der Waals surface area contributed by atoms with Gasteiger partial charge in [0.1, 0.15) is 29.1 Å². The number of nitrogens with zero attached hydrogens (tertiary/aromatic N) is 3. The maximum Gasteiger partial charge on any atom is 0.340 e. The van der Waals surface area contributed by atoms with Gasteiger partial charge in [-0.15, -0.1) is 0 Å². The van der Waals surface area contributed by atoms with Crippen LogP contribution in [0.25, 0.3) is 10.8 Å². The fourth-order valence-corrected chi connectivity index (χ4v) is 5.30. The highest BCUT2D eigenvalue weighted by Gasteiger charge is 2.41. The summed E-state index contributed by atoms with van der Waals surface area (Å²) in [7, 11) is 0. The quantitative estimate of drug-likeness (QED) is 0.444. The van der Waals surface area contributed by atoms with Crippen molar-refractivity contribution in [3.05, 3.63) is 53.3 Å². The van der Waals surface area contributed by atoms with Crippen LogP contribution in [0.4, 0.5) is 11.6 Å². The first-order valence-corrected chi connectivity index (χ1v) is 13.6. The monoisotopic (exact) mass is 529 g/mol. The molecule has 0 radical (unpaired) electrons. The molecule has 9 heteroatoms. The first kappa shape index (κ1) is 25.6.